The number of thiophene rings is 1. The molecule has 9 rings (SSSR count). The van der Waals surface area contributed by atoms with Crippen LogP contribution in [0.5, 0.6) is 0 Å². The summed E-state index contributed by atoms with van der Waals surface area (Å²) >= 11 is 1.86. The first-order valence-corrected chi connectivity index (χ1v) is 14.7. The van der Waals surface area contributed by atoms with E-state index < -0.39 is 0 Å². The SMILES string of the molecule is c1ccc(-n2c3ccccc3c3oc4cccc(-c5cccc(-c6ccc7sc8ccccc8c7c6)c5)c4c32)cc1. The van der Waals surface area contributed by atoms with Crippen molar-refractivity contribution >= 4 is 64.5 Å². The van der Waals surface area contributed by atoms with E-state index in [1.807, 2.05) is 11.3 Å². The molecular weight excluding hydrogens is 518 g/mol. The number of para-hydroxylation sites is 2. The monoisotopic (exact) mass is 541 g/mol. The lowest BCUT2D eigenvalue weighted by atomic mass is 9.96. The predicted molar refractivity (Wildman–Crippen MR) is 174 cm³/mol. The summed E-state index contributed by atoms with van der Waals surface area (Å²) in [6.07, 6.45) is 0. The van der Waals surface area contributed by atoms with Crippen molar-refractivity contribution in [3.63, 3.8) is 0 Å². The summed E-state index contributed by atoms with van der Waals surface area (Å²) in [7, 11) is 0. The molecule has 0 radical (unpaired) electrons. The van der Waals surface area contributed by atoms with Gasteiger partial charge in [0.1, 0.15) is 11.1 Å². The molecule has 0 atom stereocenters. The second kappa shape index (κ2) is 8.69. The van der Waals surface area contributed by atoms with E-state index in [0.29, 0.717) is 0 Å². The lowest BCUT2D eigenvalue weighted by Crippen LogP contribution is -1.93. The van der Waals surface area contributed by atoms with E-state index in [-0.39, 0.29) is 0 Å². The van der Waals surface area contributed by atoms with E-state index >= 15 is 0 Å². The van der Waals surface area contributed by atoms with Crippen LogP contribution >= 0.6 is 11.3 Å². The van der Waals surface area contributed by atoms with Gasteiger partial charge in [-0.3, -0.25) is 0 Å². The molecule has 41 heavy (non-hydrogen) atoms. The van der Waals surface area contributed by atoms with Gasteiger partial charge < -0.3 is 8.98 Å². The highest BCUT2D eigenvalue weighted by atomic mass is 32.1. The minimum absolute atomic E-state index is 0.902. The Morgan fingerprint density at radius 3 is 2.17 bits per heavy atom. The summed E-state index contributed by atoms with van der Waals surface area (Å²) in [5.41, 5.74) is 10.00. The topological polar surface area (TPSA) is 18.1 Å². The van der Waals surface area contributed by atoms with Crippen LogP contribution in [0.3, 0.4) is 0 Å². The number of nitrogens with zero attached hydrogens (tertiary/aromatic N) is 1. The van der Waals surface area contributed by atoms with Crippen molar-refractivity contribution in [3.8, 4) is 27.9 Å². The molecule has 0 fully saturated rings. The van der Waals surface area contributed by atoms with Crippen LogP contribution in [-0.4, -0.2) is 4.57 Å². The number of benzene rings is 6. The molecule has 2 nitrogen and oxygen atoms in total. The van der Waals surface area contributed by atoms with Gasteiger partial charge in [-0.1, -0.05) is 84.9 Å². The van der Waals surface area contributed by atoms with Crippen molar-refractivity contribution in [2.24, 2.45) is 0 Å². The van der Waals surface area contributed by atoms with Crippen molar-refractivity contribution in [2.75, 3.05) is 0 Å². The standard InChI is InChI=1S/C38H23NOS/c1-2-12-27(13-3-1)39-32-17-6-4-15-30(32)38-37(39)36-28(16-9-18-33(36)40-38)26-11-8-10-24(22-26)25-20-21-35-31(23-25)29-14-5-7-19-34(29)41-35/h1-23H. The Hall–Kier alpha value is -5.12. The second-order valence-electron chi connectivity index (χ2n) is 10.5. The van der Waals surface area contributed by atoms with Crippen LogP contribution in [0.2, 0.25) is 0 Å². The van der Waals surface area contributed by atoms with Crippen molar-refractivity contribution in [1.82, 2.24) is 4.57 Å². The molecule has 0 unspecified atom stereocenters. The van der Waals surface area contributed by atoms with Crippen LogP contribution in [0.4, 0.5) is 0 Å². The summed E-state index contributed by atoms with van der Waals surface area (Å²) in [5.74, 6) is 0. The van der Waals surface area contributed by atoms with Crippen LogP contribution in [0.25, 0.3) is 81.1 Å². The second-order valence-corrected chi connectivity index (χ2v) is 11.6. The number of aromatic nitrogens is 1. The minimum atomic E-state index is 0.902. The van der Waals surface area contributed by atoms with Gasteiger partial charge in [0.15, 0.2) is 5.58 Å². The summed E-state index contributed by atoms with van der Waals surface area (Å²) in [6.45, 7) is 0. The molecule has 0 spiro atoms. The van der Waals surface area contributed by atoms with Gasteiger partial charge in [0.25, 0.3) is 0 Å². The largest absolute Gasteiger partial charge is 0.454 e. The van der Waals surface area contributed by atoms with Gasteiger partial charge in [0, 0.05) is 31.2 Å². The third-order valence-electron chi connectivity index (χ3n) is 8.20. The van der Waals surface area contributed by atoms with Crippen LogP contribution in [0, 0.1) is 0 Å². The van der Waals surface area contributed by atoms with Crippen LogP contribution in [0.15, 0.2) is 144 Å². The number of hydrogen-bond donors (Lipinski definition) is 0. The van der Waals surface area contributed by atoms with E-state index in [2.05, 4.69) is 144 Å². The van der Waals surface area contributed by atoms with Gasteiger partial charge in [-0.25, -0.2) is 0 Å². The van der Waals surface area contributed by atoms with E-state index in [4.69, 9.17) is 4.42 Å². The number of hydrogen-bond acceptors (Lipinski definition) is 2. The Morgan fingerprint density at radius 1 is 0.512 bits per heavy atom. The van der Waals surface area contributed by atoms with Crippen LogP contribution in [-0.2, 0) is 0 Å². The lowest BCUT2D eigenvalue weighted by Gasteiger charge is -2.10. The quantitative estimate of drug-likeness (QED) is 0.217. The van der Waals surface area contributed by atoms with Crippen LogP contribution < -0.4 is 0 Å². The van der Waals surface area contributed by atoms with Crippen molar-refractivity contribution in [3.05, 3.63) is 140 Å². The molecule has 0 aliphatic rings. The average molecular weight is 542 g/mol. The first-order chi connectivity index (χ1) is 20.3. The molecular formula is C38H23NOS. The average Bonchev–Trinajstić information content (AvgIpc) is 3.70. The zero-order valence-electron chi connectivity index (χ0n) is 22.0. The molecule has 0 aliphatic heterocycles. The maximum absolute atomic E-state index is 6.61. The van der Waals surface area contributed by atoms with E-state index in [1.165, 1.54) is 42.4 Å². The Balaban J connectivity index is 1.29. The molecule has 192 valence electrons. The van der Waals surface area contributed by atoms with Gasteiger partial charge in [-0.2, -0.15) is 0 Å². The third kappa shape index (κ3) is 3.36. The summed E-state index contributed by atoms with van der Waals surface area (Å²) in [4.78, 5) is 0. The molecule has 3 aromatic heterocycles. The fourth-order valence-corrected chi connectivity index (χ4v) is 7.45. The summed E-state index contributed by atoms with van der Waals surface area (Å²) in [6, 6.07) is 50.0. The van der Waals surface area contributed by atoms with Gasteiger partial charge >= 0.3 is 0 Å². The van der Waals surface area contributed by atoms with E-state index in [1.54, 1.807) is 0 Å². The van der Waals surface area contributed by atoms with E-state index in [9.17, 15) is 0 Å². The van der Waals surface area contributed by atoms with Crippen LogP contribution in [0.1, 0.15) is 0 Å². The molecule has 9 aromatic rings. The number of rotatable bonds is 3. The molecule has 0 saturated heterocycles. The van der Waals surface area contributed by atoms with Gasteiger partial charge in [-0.05, 0) is 76.9 Å². The lowest BCUT2D eigenvalue weighted by molar-refractivity contribution is 0.673. The Labute approximate surface area is 240 Å². The van der Waals surface area contributed by atoms with Crippen molar-refractivity contribution < 1.29 is 4.42 Å². The molecule has 0 saturated carbocycles. The van der Waals surface area contributed by atoms with Gasteiger partial charge in [-0.15, -0.1) is 11.3 Å². The first-order valence-electron chi connectivity index (χ1n) is 13.9. The molecule has 6 aromatic carbocycles. The molecule has 0 aliphatic carbocycles. The highest BCUT2D eigenvalue weighted by Crippen LogP contribution is 2.43. The zero-order chi connectivity index (χ0) is 26.9. The minimum Gasteiger partial charge on any atom is -0.454 e. The molecule has 0 bridgehead atoms. The predicted octanol–water partition coefficient (Wildman–Crippen LogP) is 11.2. The maximum Gasteiger partial charge on any atom is 0.161 e. The molecule has 0 N–H and O–H groups in total. The Morgan fingerprint density at radius 2 is 1.24 bits per heavy atom. The molecule has 3 heterocycles. The van der Waals surface area contributed by atoms with Gasteiger partial charge in [0.2, 0.25) is 0 Å². The Kier molecular flexibility index (Phi) is 4.80. The van der Waals surface area contributed by atoms with Crippen molar-refractivity contribution in [2.45, 2.75) is 0 Å². The Bertz CT molecular complexity index is 2420. The number of fused-ring (bicyclic) bond motifs is 8. The third-order valence-corrected chi connectivity index (χ3v) is 9.35. The smallest absolute Gasteiger partial charge is 0.161 e. The molecule has 0 amide bonds. The summed E-state index contributed by atoms with van der Waals surface area (Å²) in [5, 5.41) is 4.90. The summed E-state index contributed by atoms with van der Waals surface area (Å²) < 4.78 is 11.6. The molecule has 3 heteroatoms. The highest BCUT2D eigenvalue weighted by Gasteiger charge is 2.21. The first kappa shape index (κ1) is 22.7. The highest BCUT2D eigenvalue weighted by molar-refractivity contribution is 7.25. The normalized spacial score (nSPS) is 11.9. The van der Waals surface area contributed by atoms with Gasteiger partial charge in [0.05, 0.1) is 10.9 Å². The maximum atomic E-state index is 6.61. The number of furan rings is 1. The van der Waals surface area contributed by atoms with Crippen molar-refractivity contribution in [1.29, 1.82) is 0 Å². The fourth-order valence-electron chi connectivity index (χ4n) is 6.37. The van der Waals surface area contributed by atoms with E-state index in [0.717, 1.165) is 38.7 Å². The zero-order valence-corrected chi connectivity index (χ0v) is 22.9. The fraction of sp³-hybridized carbons (Fsp3) is 0.